The summed E-state index contributed by atoms with van der Waals surface area (Å²) in [6.07, 6.45) is -0.000682. The van der Waals surface area contributed by atoms with E-state index in [9.17, 15) is 9.90 Å². The highest BCUT2D eigenvalue weighted by Gasteiger charge is 2.40. The van der Waals surface area contributed by atoms with Crippen LogP contribution in [0.4, 0.5) is 0 Å². The van der Waals surface area contributed by atoms with E-state index in [0.717, 1.165) is 13.1 Å². The second-order valence-electron chi connectivity index (χ2n) is 6.70. The Morgan fingerprint density at radius 2 is 1.96 bits per heavy atom. The second kappa shape index (κ2) is 8.24. The summed E-state index contributed by atoms with van der Waals surface area (Å²) < 4.78 is 15.9. The van der Waals surface area contributed by atoms with Crippen LogP contribution in [0.3, 0.4) is 0 Å². The molecule has 26 heavy (non-hydrogen) atoms. The quantitative estimate of drug-likeness (QED) is 0.835. The lowest BCUT2D eigenvalue weighted by Crippen LogP contribution is -2.52. The third-order valence-electron chi connectivity index (χ3n) is 5.17. The highest BCUT2D eigenvalue weighted by molar-refractivity contribution is 5.95. The van der Waals surface area contributed by atoms with E-state index in [2.05, 4.69) is 11.8 Å². The number of likely N-dealkylation sites (tertiary alicyclic amines) is 1. The van der Waals surface area contributed by atoms with E-state index < -0.39 is 6.10 Å². The van der Waals surface area contributed by atoms with E-state index in [4.69, 9.17) is 14.2 Å². The zero-order valence-corrected chi connectivity index (χ0v) is 15.4. The Labute approximate surface area is 154 Å². The van der Waals surface area contributed by atoms with Crippen molar-refractivity contribution >= 4 is 5.91 Å². The maximum atomic E-state index is 13.1. The number of carbonyl (C=O) groups excluding carboxylic acids is 1. The van der Waals surface area contributed by atoms with Crippen molar-refractivity contribution in [1.82, 2.24) is 9.80 Å². The molecule has 1 radical (unpaired) electrons. The molecule has 0 aromatic heterocycles. The second-order valence-corrected chi connectivity index (χ2v) is 6.70. The van der Waals surface area contributed by atoms with Crippen molar-refractivity contribution in [2.75, 3.05) is 47.1 Å². The Morgan fingerprint density at radius 1 is 1.27 bits per heavy atom. The molecule has 1 amide bonds. The van der Waals surface area contributed by atoms with Gasteiger partial charge in [-0.2, -0.15) is 0 Å². The van der Waals surface area contributed by atoms with Gasteiger partial charge in [0.05, 0.1) is 39.6 Å². The topological polar surface area (TPSA) is 71.5 Å². The molecule has 3 rings (SSSR count). The predicted molar refractivity (Wildman–Crippen MR) is 96.5 cm³/mol. The summed E-state index contributed by atoms with van der Waals surface area (Å²) >= 11 is 0. The molecule has 1 N–H and O–H groups in total. The standard InChI is InChI=1S/C19H27N2O5/c1-13(20-6-8-26-9-7-20)16-11-15(22)12-21(16)19(23)14-4-5-17(24-2)18(10-14)25-3/h4-5,10,13,15-16,22H,1,6-9,11-12H2,2-3H3. The van der Waals surface area contributed by atoms with Gasteiger partial charge in [-0.15, -0.1) is 0 Å². The van der Waals surface area contributed by atoms with Crippen LogP contribution in [0.1, 0.15) is 16.8 Å². The molecule has 7 heteroatoms. The van der Waals surface area contributed by atoms with Crippen LogP contribution in [-0.4, -0.2) is 86.1 Å². The van der Waals surface area contributed by atoms with Crippen LogP contribution in [0.15, 0.2) is 18.2 Å². The number of amides is 1. The average Bonchev–Trinajstić information content (AvgIpc) is 3.08. The van der Waals surface area contributed by atoms with Gasteiger partial charge in [0.1, 0.15) is 0 Å². The van der Waals surface area contributed by atoms with E-state index in [-0.39, 0.29) is 18.0 Å². The molecule has 0 saturated carbocycles. The number of aliphatic hydroxyl groups excluding tert-OH is 1. The molecule has 0 aliphatic carbocycles. The van der Waals surface area contributed by atoms with Crippen molar-refractivity contribution in [3.63, 3.8) is 0 Å². The fraction of sp³-hybridized carbons (Fsp3) is 0.579. The molecular weight excluding hydrogens is 336 g/mol. The zero-order valence-electron chi connectivity index (χ0n) is 15.4. The summed E-state index contributed by atoms with van der Waals surface area (Å²) in [7, 11) is 3.10. The Hall–Kier alpha value is -1.83. The van der Waals surface area contributed by atoms with Gasteiger partial charge in [0.2, 0.25) is 0 Å². The van der Waals surface area contributed by atoms with Crippen LogP contribution in [0, 0.1) is 6.92 Å². The lowest BCUT2D eigenvalue weighted by Gasteiger charge is -2.38. The van der Waals surface area contributed by atoms with Gasteiger partial charge in [0, 0.05) is 31.2 Å². The van der Waals surface area contributed by atoms with Crippen molar-refractivity contribution in [3.05, 3.63) is 30.7 Å². The lowest BCUT2D eigenvalue weighted by molar-refractivity contribution is 0.00888. The van der Waals surface area contributed by atoms with Crippen molar-refractivity contribution in [1.29, 1.82) is 0 Å². The number of methoxy groups -OCH3 is 2. The number of nitrogens with zero attached hydrogens (tertiary/aromatic N) is 2. The van der Waals surface area contributed by atoms with E-state index in [1.54, 1.807) is 37.3 Å². The van der Waals surface area contributed by atoms with E-state index >= 15 is 0 Å². The zero-order chi connectivity index (χ0) is 18.7. The third kappa shape index (κ3) is 3.79. The summed E-state index contributed by atoms with van der Waals surface area (Å²) in [5.41, 5.74) is 0.510. The average molecular weight is 363 g/mol. The maximum absolute atomic E-state index is 13.1. The van der Waals surface area contributed by atoms with Gasteiger partial charge >= 0.3 is 0 Å². The van der Waals surface area contributed by atoms with Crippen LogP contribution in [0.5, 0.6) is 11.5 Å². The molecular formula is C19H27N2O5. The number of rotatable bonds is 5. The molecule has 0 bridgehead atoms. The number of ether oxygens (including phenoxy) is 3. The minimum atomic E-state index is -0.533. The Kier molecular flexibility index (Phi) is 6.01. The summed E-state index contributed by atoms with van der Waals surface area (Å²) in [6.45, 7) is 7.52. The highest BCUT2D eigenvalue weighted by Crippen LogP contribution is 2.30. The first-order chi connectivity index (χ1) is 12.5. The highest BCUT2D eigenvalue weighted by atomic mass is 16.5. The molecule has 2 aliphatic heterocycles. The Morgan fingerprint density at radius 3 is 2.62 bits per heavy atom. The summed E-state index contributed by atoms with van der Waals surface area (Å²) in [5.74, 6) is 0.953. The molecule has 7 nitrogen and oxygen atoms in total. The van der Waals surface area contributed by atoms with Crippen LogP contribution in [0.2, 0.25) is 0 Å². The monoisotopic (exact) mass is 363 g/mol. The fourth-order valence-corrected chi connectivity index (χ4v) is 3.73. The van der Waals surface area contributed by atoms with Gasteiger partial charge in [-0.25, -0.2) is 0 Å². The summed E-state index contributed by atoms with van der Waals surface area (Å²) in [5, 5.41) is 10.2. The molecule has 2 heterocycles. The number of β-amino-alcohol motifs (C(OH)–C–C–N with tert-alkyl or cyclic N) is 1. The molecule has 1 aromatic rings. The maximum Gasteiger partial charge on any atom is 0.254 e. The molecule has 2 fully saturated rings. The predicted octanol–water partition coefficient (Wildman–Crippen LogP) is 0.814. The minimum Gasteiger partial charge on any atom is -0.493 e. The minimum absolute atomic E-state index is 0.0832. The summed E-state index contributed by atoms with van der Waals surface area (Å²) in [6, 6.07) is 4.90. The first kappa shape index (κ1) is 18.9. The normalized spacial score (nSPS) is 25.2. The smallest absolute Gasteiger partial charge is 0.254 e. The third-order valence-corrected chi connectivity index (χ3v) is 5.17. The number of hydrogen-bond donors (Lipinski definition) is 1. The van der Waals surface area contributed by atoms with Gasteiger partial charge in [-0.3, -0.25) is 9.69 Å². The van der Waals surface area contributed by atoms with Crippen LogP contribution < -0.4 is 9.47 Å². The van der Waals surface area contributed by atoms with Gasteiger partial charge < -0.3 is 24.2 Å². The molecule has 2 aliphatic rings. The van der Waals surface area contributed by atoms with Crippen LogP contribution in [0.25, 0.3) is 0 Å². The molecule has 1 aromatic carbocycles. The van der Waals surface area contributed by atoms with Gasteiger partial charge in [0.25, 0.3) is 5.91 Å². The van der Waals surface area contributed by atoms with Crippen LogP contribution >= 0.6 is 0 Å². The van der Waals surface area contributed by atoms with Crippen molar-refractivity contribution in [2.45, 2.75) is 24.6 Å². The Balaban J connectivity index is 1.80. The van der Waals surface area contributed by atoms with Crippen LogP contribution in [-0.2, 0) is 4.74 Å². The molecule has 2 saturated heterocycles. The SMILES string of the molecule is [CH2]C(C1CC(O)CN1C(=O)c1ccc(OC)c(OC)c1)N1CCOCC1. The first-order valence-corrected chi connectivity index (χ1v) is 8.91. The van der Waals surface area contributed by atoms with Gasteiger partial charge in [-0.05, 0) is 31.5 Å². The van der Waals surface area contributed by atoms with Crippen molar-refractivity contribution in [3.8, 4) is 11.5 Å². The largest absolute Gasteiger partial charge is 0.493 e. The van der Waals surface area contributed by atoms with Gasteiger partial charge in [0.15, 0.2) is 11.5 Å². The Bertz CT molecular complexity index is 632. The molecule has 0 spiro atoms. The number of benzene rings is 1. The number of carbonyl (C=O) groups is 1. The van der Waals surface area contributed by atoms with E-state index in [0.29, 0.717) is 43.2 Å². The van der Waals surface area contributed by atoms with E-state index in [1.165, 1.54) is 0 Å². The van der Waals surface area contributed by atoms with Gasteiger partial charge in [-0.1, -0.05) is 0 Å². The van der Waals surface area contributed by atoms with Crippen molar-refractivity contribution < 1.29 is 24.1 Å². The molecule has 3 unspecified atom stereocenters. The van der Waals surface area contributed by atoms with Crippen molar-refractivity contribution in [2.24, 2.45) is 0 Å². The molecule has 143 valence electrons. The number of aliphatic hydroxyl groups is 1. The number of morpholine rings is 1. The number of hydrogen-bond acceptors (Lipinski definition) is 6. The summed E-state index contributed by atoms with van der Waals surface area (Å²) in [4.78, 5) is 17.1. The fourth-order valence-electron chi connectivity index (χ4n) is 3.73. The van der Waals surface area contributed by atoms with E-state index in [1.807, 2.05) is 0 Å². The molecule has 3 atom stereocenters. The lowest BCUT2D eigenvalue weighted by atomic mass is 10.0. The first-order valence-electron chi connectivity index (χ1n) is 8.91.